The average Bonchev–Trinajstić information content (AvgIpc) is 2.71. The summed E-state index contributed by atoms with van der Waals surface area (Å²) in [5.41, 5.74) is 0.642. The Bertz CT molecular complexity index is 851. The minimum Gasteiger partial charge on any atom is -0.489 e. The van der Waals surface area contributed by atoms with E-state index in [1.807, 2.05) is 0 Å². The first-order valence-electron chi connectivity index (χ1n) is 9.97. The molecule has 0 saturated carbocycles. The first-order chi connectivity index (χ1) is 14.8. The van der Waals surface area contributed by atoms with E-state index in [0.717, 1.165) is 26.2 Å². The van der Waals surface area contributed by atoms with E-state index in [1.54, 1.807) is 18.2 Å². The molecule has 168 valence electrons. The van der Waals surface area contributed by atoms with Gasteiger partial charge in [0.25, 0.3) is 0 Å². The lowest BCUT2D eigenvalue weighted by Crippen LogP contribution is -2.48. The van der Waals surface area contributed by atoms with E-state index in [4.69, 9.17) is 4.74 Å². The fourth-order valence-electron chi connectivity index (χ4n) is 3.36. The van der Waals surface area contributed by atoms with Gasteiger partial charge in [-0.1, -0.05) is 24.3 Å². The number of alkyl halides is 3. The number of benzene rings is 2. The lowest BCUT2D eigenvalue weighted by atomic mass is 10.1. The summed E-state index contributed by atoms with van der Waals surface area (Å²) in [6.07, 6.45) is -4.58. The molecular formula is C22H24F4N2O3. The number of ether oxygens (including phenoxy) is 2. The molecule has 2 aromatic carbocycles. The van der Waals surface area contributed by atoms with Crippen molar-refractivity contribution in [2.45, 2.75) is 12.8 Å². The second kappa shape index (κ2) is 10.6. The largest absolute Gasteiger partial charge is 0.573 e. The first kappa shape index (κ1) is 23.0. The fraction of sp³-hybridized carbons (Fsp3) is 0.409. The molecule has 5 nitrogen and oxygen atoms in total. The van der Waals surface area contributed by atoms with Crippen LogP contribution in [0.15, 0.2) is 48.5 Å². The Kier molecular flexibility index (Phi) is 7.86. The topological polar surface area (TPSA) is 42.0 Å². The number of ketones is 1. The van der Waals surface area contributed by atoms with Gasteiger partial charge in [-0.25, -0.2) is 4.39 Å². The van der Waals surface area contributed by atoms with Crippen molar-refractivity contribution in [1.82, 2.24) is 9.80 Å². The Morgan fingerprint density at radius 3 is 2.23 bits per heavy atom. The highest BCUT2D eigenvalue weighted by Gasteiger charge is 2.31. The van der Waals surface area contributed by atoms with Crippen molar-refractivity contribution in [3.63, 3.8) is 0 Å². The first-order valence-corrected chi connectivity index (χ1v) is 9.97. The van der Waals surface area contributed by atoms with Crippen LogP contribution in [0.4, 0.5) is 17.6 Å². The van der Waals surface area contributed by atoms with Crippen molar-refractivity contribution in [3.05, 3.63) is 59.9 Å². The van der Waals surface area contributed by atoms with E-state index in [9.17, 15) is 22.4 Å². The van der Waals surface area contributed by atoms with E-state index in [0.29, 0.717) is 25.3 Å². The fourth-order valence-corrected chi connectivity index (χ4v) is 3.36. The summed E-state index contributed by atoms with van der Waals surface area (Å²) in [5.74, 6) is -0.447. The van der Waals surface area contributed by atoms with E-state index < -0.39 is 6.36 Å². The van der Waals surface area contributed by atoms with Gasteiger partial charge in [-0.05, 0) is 29.8 Å². The van der Waals surface area contributed by atoms with Crippen molar-refractivity contribution < 1.29 is 31.8 Å². The van der Waals surface area contributed by atoms with Gasteiger partial charge in [0.1, 0.15) is 12.4 Å². The third-order valence-electron chi connectivity index (χ3n) is 4.92. The molecule has 31 heavy (non-hydrogen) atoms. The molecule has 0 unspecified atom stereocenters. The highest BCUT2D eigenvalue weighted by molar-refractivity contribution is 5.82. The van der Waals surface area contributed by atoms with Gasteiger partial charge in [-0.3, -0.25) is 14.6 Å². The molecule has 1 heterocycles. The molecule has 0 amide bonds. The summed E-state index contributed by atoms with van der Waals surface area (Å²) >= 11 is 0. The zero-order chi connectivity index (χ0) is 22.3. The Hall–Kier alpha value is -2.65. The SMILES string of the molecule is O=C(Cc1ccc(OC(F)(F)F)cc1)CN1CCN(CCOc2ccccc2F)CC1. The highest BCUT2D eigenvalue weighted by atomic mass is 19.4. The van der Waals surface area contributed by atoms with Crippen LogP contribution >= 0.6 is 0 Å². The minimum absolute atomic E-state index is 0.000765. The van der Waals surface area contributed by atoms with Crippen molar-refractivity contribution in [2.24, 2.45) is 0 Å². The van der Waals surface area contributed by atoms with Crippen LogP contribution in [0.25, 0.3) is 0 Å². The summed E-state index contributed by atoms with van der Waals surface area (Å²) in [4.78, 5) is 16.6. The summed E-state index contributed by atoms with van der Waals surface area (Å²) in [5, 5.41) is 0. The summed E-state index contributed by atoms with van der Waals surface area (Å²) in [6, 6.07) is 11.6. The average molecular weight is 440 g/mol. The van der Waals surface area contributed by atoms with Gasteiger partial charge in [-0.15, -0.1) is 13.2 Å². The summed E-state index contributed by atoms with van der Waals surface area (Å²) in [6.45, 7) is 4.35. The number of nitrogens with zero attached hydrogens (tertiary/aromatic N) is 2. The molecule has 0 aromatic heterocycles. The Balaban J connectivity index is 1.34. The smallest absolute Gasteiger partial charge is 0.489 e. The van der Waals surface area contributed by atoms with Gasteiger partial charge < -0.3 is 9.47 Å². The molecule has 2 aromatic rings. The molecule has 1 saturated heterocycles. The number of carbonyl (C=O) groups excluding carboxylic acids is 1. The Labute approximate surface area is 178 Å². The van der Waals surface area contributed by atoms with E-state index in [2.05, 4.69) is 14.5 Å². The maximum Gasteiger partial charge on any atom is 0.573 e. The second-order valence-corrected chi connectivity index (χ2v) is 7.30. The Morgan fingerprint density at radius 1 is 0.935 bits per heavy atom. The summed E-state index contributed by atoms with van der Waals surface area (Å²) < 4.78 is 59.4. The number of hydrogen-bond donors (Lipinski definition) is 0. The molecule has 1 fully saturated rings. The van der Waals surface area contributed by atoms with Crippen LogP contribution in [0.2, 0.25) is 0 Å². The van der Waals surface area contributed by atoms with E-state index >= 15 is 0 Å². The monoisotopic (exact) mass is 440 g/mol. The van der Waals surface area contributed by atoms with Gasteiger partial charge in [0.05, 0.1) is 6.54 Å². The van der Waals surface area contributed by atoms with Crippen LogP contribution in [-0.2, 0) is 11.2 Å². The molecule has 0 aliphatic carbocycles. The van der Waals surface area contributed by atoms with Gasteiger partial charge >= 0.3 is 6.36 Å². The predicted octanol–water partition coefficient (Wildman–Crippen LogP) is 3.53. The Morgan fingerprint density at radius 2 is 1.58 bits per heavy atom. The number of piperazine rings is 1. The van der Waals surface area contributed by atoms with Crippen molar-refractivity contribution in [2.75, 3.05) is 45.9 Å². The minimum atomic E-state index is -4.73. The van der Waals surface area contributed by atoms with Gasteiger partial charge in [0, 0.05) is 39.1 Å². The van der Waals surface area contributed by atoms with Gasteiger partial charge in [0.2, 0.25) is 0 Å². The van der Waals surface area contributed by atoms with Gasteiger partial charge in [0.15, 0.2) is 17.3 Å². The third-order valence-corrected chi connectivity index (χ3v) is 4.92. The third kappa shape index (κ3) is 7.84. The molecule has 3 rings (SSSR count). The van der Waals surface area contributed by atoms with Crippen molar-refractivity contribution >= 4 is 5.78 Å². The molecule has 0 spiro atoms. The predicted molar refractivity (Wildman–Crippen MR) is 107 cm³/mol. The quantitative estimate of drug-likeness (QED) is 0.558. The molecule has 0 bridgehead atoms. The van der Waals surface area contributed by atoms with Crippen LogP contribution < -0.4 is 9.47 Å². The van der Waals surface area contributed by atoms with Crippen molar-refractivity contribution in [3.8, 4) is 11.5 Å². The maximum absolute atomic E-state index is 13.5. The normalized spacial score (nSPS) is 15.6. The number of carbonyl (C=O) groups is 1. The lowest BCUT2D eigenvalue weighted by molar-refractivity contribution is -0.274. The molecular weight excluding hydrogens is 416 g/mol. The van der Waals surface area contributed by atoms with Crippen LogP contribution in [0.1, 0.15) is 5.56 Å². The van der Waals surface area contributed by atoms with Crippen molar-refractivity contribution in [1.29, 1.82) is 0 Å². The summed E-state index contributed by atoms with van der Waals surface area (Å²) in [7, 11) is 0. The van der Waals surface area contributed by atoms with Crippen LogP contribution in [0, 0.1) is 5.82 Å². The van der Waals surface area contributed by atoms with Crippen LogP contribution in [0.5, 0.6) is 11.5 Å². The van der Waals surface area contributed by atoms with Gasteiger partial charge in [-0.2, -0.15) is 0 Å². The van der Waals surface area contributed by atoms with E-state index in [-0.39, 0.29) is 29.5 Å². The lowest BCUT2D eigenvalue weighted by Gasteiger charge is -2.34. The zero-order valence-corrected chi connectivity index (χ0v) is 16.9. The standard InChI is InChI=1S/C22H24F4N2O3/c23-20-3-1-2-4-21(20)30-14-13-27-9-11-28(12-10-27)16-18(29)15-17-5-7-19(8-6-17)31-22(24,25)26/h1-8H,9-16H2. The number of rotatable bonds is 9. The number of hydrogen-bond acceptors (Lipinski definition) is 5. The maximum atomic E-state index is 13.5. The van der Waals surface area contributed by atoms with E-state index in [1.165, 1.54) is 30.3 Å². The highest BCUT2D eigenvalue weighted by Crippen LogP contribution is 2.23. The van der Waals surface area contributed by atoms with Crippen LogP contribution in [-0.4, -0.2) is 67.8 Å². The molecule has 0 N–H and O–H groups in total. The van der Waals surface area contributed by atoms with Crippen LogP contribution in [0.3, 0.4) is 0 Å². The molecule has 1 aliphatic rings. The molecule has 0 radical (unpaired) electrons. The molecule has 0 atom stereocenters. The number of Topliss-reactive ketones (excluding diaryl/α,β-unsaturated/α-hetero) is 1. The molecule has 9 heteroatoms. The molecule has 1 aliphatic heterocycles. The second-order valence-electron chi connectivity index (χ2n) is 7.30. The zero-order valence-electron chi connectivity index (χ0n) is 16.9. The number of halogens is 4. The number of para-hydroxylation sites is 1.